The predicted molar refractivity (Wildman–Crippen MR) is 124 cm³/mol. The van der Waals surface area contributed by atoms with Crippen LogP contribution in [-0.2, 0) is 4.79 Å². The molecule has 1 saturated heterocycles. The van der Waals surface area contributed by atoms with Crippen molar-refractivity contribution in [2.24, 2.45) is 0 Å². The van der Waals surface area contributed by atoms with Gasteiger partial charge < -0.3 is 4.74 Å². The number of thioether (sulfide) groups is 1. The lowest BCUT2D eigenvalue weighted by Gasteiger charge is -2.14. The van der Waals surface area contributed by atoms with Crippen LogP contribution in [0.15, 0.2) is 71.6 Å². The average molecular weight is 430 g/mol. The number of carbonyl (C=O) groups is 2. The minimum Gasteiger partial charge on any atom is -0.497 e. The number of amides is 1. The summed E-state index contributed by atoms with van der Waals surface area (Å²) >= 11 is 6.74. The smallest absolute Gasteiger partial charge is 0.270 e. The van der Waals surface area contributed by atoms with Crippen molar-refractivity contribution in [1.82, 2.24) is 0 Å². The van der Waals surface area contributed by atoms with E-state index in [9.17, 15) is 9.59 Å². The topological polar surface area (TPSA) is 46.6 Å². The number of methoxy groups -OCH3 is 1. The van der Waals surface area contributed by atoms with Crippen molar-refractivity contribution in [2.45, 2.75) is 0 Å². The van der Waals surface area contributed by atoms with Gasteiger partial charge in [-0.25, -0.2) is 0 Å². The first-order chi connectivity index (χ1) is 14.6. The van der Waals surface area contributed by atoms with E-state index < -0.39 is 0 Å². The molecule has 5 rings (SSSR count). The zero-order chi connectivity index (χ0) is 20.8. The Morgan fingerprint density at radius 1 is 0.900 bits per heavy atom. The predicted octanol–water partition coefficient (Wildman–Crippen LogP) is 5.31. The second-order valence-corrected chi connectivity index (χ2v) is 8.54. The molecule has 3 aromatic carbocycles. The fourth-order valence-electron chi connectivity index (χ4n) is 3.79. The Morgan fingerprint density at radius 3 is 2.33 bits per heavy atom. The Morgan fingerprint density at radius 2 is 1.60 bits per heavy atom. The van der Waals surface area contributed by atoms with E-state index in [2.05, 4.69) is 0 Å². The summed E-state index contributed by atoms with van der Waals surface area (Å²) in [5.74, 6) is 0.551. The van der Waals surface area contributed by atoms with Gasteiger partial charge >= 0.3 is 0 Å². The van der Waals surface area contributed by atoms with Crippen LogP contribution in [0.2, 0.25) is 0 Å². The molecule has 1 aliphatic heterocycles. The van der Waals surface area contributed by atoms with Gasteiger partial charge in [0, 0.05) is 16.7 Å². The summed E-state index contributed by atoms with van der Waals surface area (Å²) in [5.41, 5.74) is 4.65. The molecule has 146 valence electrons. The highest BCUT2D eigenvalue weighted by atomic mass is 32.2. The van der Waals surface area contributed by atoms with Crippen LogP contribution in [0.1, 0.15) is 21.5 Å². The van der Waals surface area contributed by atoms with Gasteiger partial charge in [0.05, 0.1) is 17.7 Å². The molecule has 2 aliphatic rings. The molecule has 0 bridgehead atoms. The lowest BCUT2D eigenvalue weighted by molar-refractivity contribution is -0.113. The quantitative estimate of drug-likeness (QED) is 0.326. The number of anilines is 1. The SMILES string of the molecule is COc1ccc(N2C(=O)C(=Cc3cccc4c3-c3ccccc3C4=O)SC2=S)cc1. The first-order valence-corrected chi connectivity index (χ1v) is 10.5. The molecular formula is C24H15NO3S2. The van der Waals surface area contributed by atoms with Gasteiger partial charge in [-0.15, -0.1) is 0 Å². The molecule has 0 radical (unpaired) electrons. The Hall–Kier alpha value is -3.22. The third-order valence-corrected chi connectivity index (χ3v) is 6.50. The summed E-state index contributed by atoms with van der Waals surface area (Å²) in [4.78, 5) is 27.9. The molecule has 0 saturated carbocycles. The molecule has 3 aromatic rings. The highest BCUT2D eigenvalue weighted by Crippen LogP contribution is 2.42. The standard InChI is InChI=1S/C24H15NO3S2/c1-28-16-11-9-15(10-12-16)25-23(27)20(30-24(25)29)13-14-5-4-8-19-21(14)17-6-2-3-7-18(17)22(19)26/h2-13H,1H3. The van der Waals surface area contributed by atoms with Gasteiger partial charge in [-0.1, -0.05) is 66.4 Å². The number of fused-ring (bicyclic) bond motifs is 3. The summed E-state index contributed by atoms with van der Waals surface area (Å²) in [6.07, 6.45) is 1.83. The number of nitrogens with zero attached hydrogens (tertiary/aromatic N) is 1. The van der Waals surface area contributed by atoms with Crippen LogP contribution < -0.4 is 9.64 Å². The fraction of sp³-hybridized carbons (Fsp3) is 0.0417. The molecule has 1 heterocycles. The van der Waals surface area contributed by atoms with E-state index >= 15 is 0 Å². The van der Waals surface area contributed by atoms with Crippen molar-refractivity contribution in [3.8, 4) is 16.9 Å². The normalized spacial score (nSPS) is 16.2. The van der Waals surface area contributed by atoms with Crippen molar-refractivity contribution in [3.63, 3.8) is 0 Å². The van der Waals surface area contributed by atoms with E-state index in [0.717, 1.165) is 16.7 Å². The zero-order valence-corrected chi connectivity index (χ0v) is 17.5. The van der Waals surface area contributed by atoms with Crippen molar-refractivity contribution >= 4 is 51.8 Å². The first-order valence-electron chi connectivity index (χ1n) is 9.27. The van der Waals surface area contributed by atoms with Gasteiger partial charge in [0.2, 0.25) is 0 Å². The molecule has 0 unspecified atom stereocenters. The van der Waals surface area contributed by atoms with E-state index in [1.807, 2.05) is 60.7 Å². The van der Waals surface area contributed by atoms with Crippen LogP contribution in [0.5, 0.6) is 5.75 Å². The van der Waals surface area contributed by atoms with Gasteiger partial charge in [-0.05, 0) is 41.5 Å². The summed E-state index contributed by atoms with van der Waals surface area (Å²) in [7, 11) is 1.60. The molecule has 0 spiro atoms. The second kappa shape index (κ2) is 7.23. The maximum Gasteiger partial charge on any atom is 0.270 e. The molecule has 1 aliphatic carbocycles. The molecule has 4 nitrogen and oxygen atoms in total. The molecule has 6 heteroatoms. The van der Waals surface area contributed by atoms with Crippen LogP contribution in [0.25, 0.3) is 17.2 Å². The second-order valence-electron chi connectivity index (χ2n) is 6.86. The summed E-state index contributed by atoms with van der Waals surface area (Å²) in [6, 6.07) is 20.4. The van der Waals surface area contributed by atoms with Crippen molar-refractivity contribution in [1.29, 1.82) is 0 Å². The molecule has 30 heavy (non-hydrogen) atoms. The lowest BCUT2D eigenvalue weighted by Crippen LogP contribution is -2.27. The third-order valence-electron chi connectivity index (χ3n) is 5.19. The third kappa shape index (κ3) is 2.88. The molecule has 1 fully saturated rings. The van der Waals surface area contributed by atoms with Gasteiger partial charge in [0.25, 0.3) is 5.91 Å². The highest BCUT2D eigenvalue weighted by Gasteiger charge is 2.34. The van der Waals surface area contributed by atoms with Crippen LogP contribution in [0.3, 0.4) is 0 Å². The van der Waals surface area contributed by atoms with E-state index in [1.54, 1.807) is 19.2 Å². The highest BCUT2D eigenvalue weighted by molar-refractivity contribution is 8.27. The Bertz CT molecular complexity index is 1260. The van der Waals surface area contributed by atoms with Crippen molar-refractivity contribution in [2.75, 3.05) is 12.0 Å². The Labute approximate surface area is 183 Å². The van der Waals surface area contributed by atoms with E-state index in [4.69, 9.17) is 17.0 Å². The Balaban J connectivity index is 1.56. The Kier molecular flexibility index (Phi) is 4.53. The minimum absolute atomic E-state index is 0.0154. The number of benzene rings is 3. The number of thiocarbonyl (C=S) groups is 1. The number of ether oxygens (including phenoxy) is 1. The van der Waals surface area contributed by atoms with Gasteiger partial charge in [-0.3, -0.25) is 14.5 Å². The zero-order valence-electron chi connectivity index (χ0n) is 15.9. The van der Waals surface area contributed by atoms with Gasteiger partial charge in [-0.2, -0.15) is 0 Å². The fourth-order valence-corrected chi connectivity index (χ4v) is 5.08. The first kappa shape index (κ1) is 18.8. The van der Waals surface area contributed by atoms with E-state index in [-0.39, 0.29) is 11.7 Å². The molecule has 1 amide bonds. The maximum absolute atomic E-state index is 13.1. The average Bonchev–Trinajstić information content (AvgIpc) is 3.22. The van der Waals surface area contributed by atoms with Gasteiger partial charge in [0.1, 0.15) is 5.75 Å². The van der Waals surface area contributed by atoms with Gasteiger partial charge in [0.15, 0.2) is 10.1 Å². The number of ketones is 1. The number of hydrogen-bond donors (Lipinski definition) is 0. The van der Waals surface area contributed by atoms with Crippen LogP contribution >= 0.6 is 24.0 Å². The van der Waals surface area contributed by atoms with Crippen LogP contribution in [-0.4, -0.2) is 23.1 Å². The van der Waals surface area contributed by atoms with Crippen LogP contribution in [0, 0.1) is 0 Å². The van der Waals surface area contributed by atoms with Crippen molar-refractivity contribution in [3.05, 3.63) is 88.3 Å². The maximum atomic E-state index is 13.1. The molecular weight excluding hydrogens is 414 g/mol. The van der Waals surface area contributed by atoms with Crippen LogP contribution in [0.4, 0.5) is 5.69 Å². The largest absolute Gasteiger partial charge is 0.497 e. The monoisotopic (exact) mass is 429 g/mol. The van der Waals surface area contributed by atoms with Crippen molar-refractivity contribution < 1.29 is 14.3 Å². The number of hydrogen-bond acceptors (Lipinski definition) is 5. The summed E-state index contributed by atoms with van der Waals surface area (Å²) in [6.45, 7) is 0. The molecule has 0 N–H and O–H groups in total. The lowest BCUT2D eigenvalue weighted by atomic mass is 9.99. The van der Waals surface area contributed by atoms with E-state index in [1.165, 1.54) is 16.7 Å². The minimum atomic E-state index is -0.176. The van der Waals surface area contributed by atoms with E-state index in [0.29, 0.717) is 31.8 Å². The molecule has 0 atom stereocenters. The summed E-state index contributed by atoms with van der Waals surface area (Å²) in [5, 5.41) is 0. The molecule has 0 aromatic heterocycles. The summed E-state index contributed by atoms with van der Waals surface area (Å²) < 4.78 is 5.66. The number of rotatable bonds is 3. The number of carbonyl (C=O) groups excluding carboxylic acids is 2.